The number of rotatable bonds is 5. The number of carbonyl (C=O) groups excluding carboxylic acids is 1. The van der Waals surface area contributed by atoms with E-state index in [1.165, 1.54) is 0 Å². The van der Waals surface area contributed by atoms with Crippen molar-refractivity contribution in [3.05, 3.63) is 63.5 Å². The van der Waals surface area contributed by atoms with Crippen LogP contribution in [0.5, 0.6) is 5.75 Å². The largest absolute Gasteiger partial charge is 0.482 e. The molecule has 0 saturated carbocycles. The molecular formula is C21H19ClO5. The van der Waals surface area contributed by atoms with Gasteiger partial charge >= 0.3 is 5.97 Å². The Bertz CT molecular complexity index is 1030. The zero-order valence-electron chi connectivity index (χ0n) is 15.2. The molecule has 0 atom stereocenters. The van der Waals surface area contributed by atoms with Gasteiger partial charge in [-0.2, -0.15) is 0 Å². The van der Waals surface area contributed by atoms with Crippen molar-refractivity contribution >= 4 is 28.5 Å². The van der Waals surface area contributed by atoms with Crippen LogP contribution in [0.2, 0.25) is 5.02 Å². The molecule has 0 bridgehead atoms. The molecule has 3 rings (SSSR count). The molecule has 0 unspecified atom stereocenters. The van der Waals surface area contributed by atoms with Crippen molar-refractivity contribution in [3.8, 4) is 16.9 Å². The quantitative estimate of drug-likeness (QED) is 0.592. The molecule has 6 heteroatoms. The molecule has 0 aliphatic rings. The molecule has 0 N–H and O–H groups in total. The topological polar surface area (TPSA) is 65.7 Å². The van der Waals surface area contributed by atoms with Crippen LogP contribution < -0.4 is 10.2 Å². The van der Waals surface area contributed by atoms with E-state index in [2.05, 4.69) is 0 Å². The van der Waals surface area contributed by atoms with Crippen molar-refractivity contribution in [1.82, 2.24) is 0 Å². The molecule has 0 fully saturated rings. The van der Waals surface area contributed by atoms with Gasteiger partial charge in [-0.25, -0.2) is 4.79 Å². The van der Waals surface area contributed by atoms with Crippen molar-refractivity contribution in [3.63, 3.8) is 0 Å². The number of fused-ring (bicyclic) bond motifs is 1. The average molecular weight is 387 g/mol. The summed E-state index contributed by atoms with van der Waals surface area (Å²) in [5.74, 6) is 0.456. The highest BCUT2D eigenvalue weighted by Crippen LogP contribution is 2.27. The summed E-state index contributed by atoms with van der Waals surface area (Å²) in [6.07, 6.45) is -0.204. The van der Waals surface area contributed by atoms with Crippen LogP contribution in [0.3, 0.4) is 0 Å². The van der Waals surface area contributed by atoms with Gasteiger partial charge < -0.3 is 13.9 Å². The minimum atomic E-state index is -0.458. The maximum atomic E-state index is 12.9. The van der Waals surface area contributed by atoms with E-state index < -0.39 is 5.97 Å². The lowest BCUT2D eigenvalue weighted by Crippen LogP contribution is -2.18. The van der Waals surface area contributed by atoms with Gasteiger partial charge in [0.25, 0.3) is 0 Å². The fraction of sp³-hybridized carbons (Fsp3) is 0.238. The van der Waals surface area contributed by atoms with Crippen LogP contribution in [0.4, 0.5) is 0 Å². The fourth-order valence-corrected chi connectivity index (χ4v) is 2.89. The van der Waals surface area contributed by atoms with E-state index in [0.29, 0.717) is 33.1 Å². The lowest BCUT2D eigenvalue weighted by atomic mass is 10.0. The number of halogens is 1. The van der Waals surface area contributed by atoms with Gasteiger partial charge in [0.15, 0.2) is 6.61 Å². The van der Waals surface area contributed by atoms with E-state index in [1.807, 2.05) is 0 Å². The summed E-state index contributed by atoms with van der Waals surface area (Å²) in [5.41, 5.74) is 1.49. The van der Waals surface area contributed by atoms with Crippen molar-refractivity contribution in [1.29, 1.82) is 0 Å². The zero-order valence-corrected chi connectivity index (χ0v) is 16.0. The van der Waals surface area contributed by atoms with E-state index >= 15 is 0 Å². The molecule has 0 radical (unpaired) electrons. The number of aryl methyl sites for hydroxylation is 1. The lowest BCUT2D eigenvalue weighted by molar-refractivity contribution is -0.149. The second-order valence-electron chi connectivity index (χ2n) is 6.35. The number of hydrogen-bond acceptors (Lipinski definition) is 5. The molecule has 140 valence electrons. The molecule has 1 aromatic heterocycles. The van der Waals surface area contributed by atoms with Gasteiger partial charge in [0.2, 0.25) is 5.43 Å². The van der Waals surface area contributed by atoms with E-state index in [0.717, 1.165) is 5.56 Å². The molecule has 0 spiro atoms. The first kappa shape index (κ1) is 19.0. The SMILES string of the molecule is Cc1oc2cc(OCC(=O)OC(C)C)ccc2c(=O)c1-c1ccc(Cl)cc1. The fourth-order valence-electron chi connectivity index (χ4n) is 2.77. The summed E-state index contributed by atoms with van der Waals surface area (Å²) in [7, 11) is 0. The van der Waals surface area contributed by atoms with Crippen LogP contribution in [-0.2, 0) is 9.53 Å². The highest BCUT2D eigenvalue weighted by molar-refractivity contribution is 6.30. The smallest absolute Gasteiger partial charge is 0.344 e. The Kier molecular flexibility index (Phi) is 5.51. The summed E-state index contributed by atoms with van der Waals surface area (Å²) in [6.45, 7) is 5.06. The van der Waals surface area contributed by atoms with Gasteiger partial charge in [-0.05, 0) is 50.6 Å². The Morgan fingerprint density at radius 3 is 2.52 bits per heavy atom. The van der Waals surface area contributed by atoms with Crippen LogP contribution in [-0.4, -0.2) is 18.7 Å². The molecule has 3 aromatic rings. The van der Waals surface area contributed by atoms with Gasteiger partial charge in [-0.3, -0.25) is 4.79 Å². The molecule has 1 heterocycles. The minimum Gasteiger partial charge on any atom is -0.482 e. The summed E-state index contributed by atoms with van der Waals surface area (Å²) in [5, 5.41) is 1.03. The number of benzene rings is 2. The summed E-state index contributed by atoms with van der Waals surface area (Å²) < 4.78 is 16.3. The Labute approximate surface area is 161 Å². The molecule has 0 amide bonds. The number of ether oxygens (including phenoxy) is 2. The van der Waals surface area contributed by atoms with E-state index in [9.17, 15) is 9.59 Å². The highest BCUT2D eigenvalue weighted by Gasteiger charge is 2.15. The first-order chi connectivity index (χ1) is 12.8. The molecule has 27 heavy (non-hydrogen) atoms. The molecule has 0 saturated heterocycles. The second-order valence-corrected chi connectivity index (χ2v) is 6.79. The monoisotopic (exact) mass is 386 g/mol. The summed E-state index contributed by atoms with van der Waals surface area (Å²) in [6, 6.07) is 11.9. The number of carbonyl (C=O) groups is 1. The molecule has 2 aromatic carbocycles. The van der Waals surface area contributed by atoms with Crippen molar-refractivity contribution in [2.24, 2.45) is 0 Å². The van der Waals surface area contributed by atoms with E-state index in [4.69, 9.17) is 25.5 Å². The Hall–Kier alpha value is -2.79. The van der Waals surface area contributed by atoms with Crippen LogP contribution in [0, 0.1) is 6.92 Å². The van der Waals surface area contributed by atoms with Crippen LogP contribution in [0.25, 0.3) is 22.1 Å². The molecular weight excluding hydrogens is 368 g/mol. The van der Waals surface area contributed by atoms with Gasteiger partial charge in [-0.15, -0.1) is 0 Å². The van der Waals surface area contributed by atoms with Crippen LogP contribution in [0.15, 0.2) is 51.7 Å². The minimum absolute atomic E-state index is 0.137. The lowest BCUT2D eigenvalue weighted by Gasteiger charge is -2.11. The first-order valence-corrected chi connectivity index (χ1v) is 8.88. The number of esters is 1. The van der Waals surface area contributed by atoms with Gasteiger partial charge in [0.1, 0.15) is 17.1 Å². The Morgan fingerprint density at radius 2 is 1.85 bits per heavy atom. The van der Waals surface area contributed by atoms with Crippen molar-refractivity contribution in [2.45, 2.75) is 26.9 Å². The third kappa shape index (κ3) is 4.31. The Morgan fingerprint density at radius 1 is 1.15 bits per heavy atom. The zero-order chi connectivity index (χ0) is 19.6. The van der Waals surface area contributed by atoms with Crippen LogP contribution in [0.1, 0.15) is 19.6 Å². The average Bonchev–Trinajstić information content (AvgIpc) is 2.60. The van der Waals surface area contributed by atoms with Gasteiger partial charge in [-0.1, -0.05) is 23.7 Å². The third-order valence-corrected chi connectivity index (χ3v) is 4.15. The summed E-state index contributed by atoms with van der Waals surface area (Å²) >= 11 is 5.92. The molecule has 0 aliphatic carbocycles. The predicted molar refractivity (Wildman–Crippen MR) is 104 cm³/mol. The van der Waals surface area contributed by atoms with E-state index in [1.54, 1.807) is 63.2 Å². The van der Waals surface area contributed by atoms with Crippen LogP contribution >= 0.6 is 11.6 Å². The third-order valence-electron chi connectivity index (χ3n) is 3.90. The predicted octanol–water partition coefficient (Wildman–Crippen LogP) is 4.75. The van der Waals surface area contributed by atoms with Crippen molar-refractivity contribution in [2.75, 3.05) is 6.61 Å². The second kappa shape index (κ2) is 7.84. The van der Waals surface area contributed by atoms with Crippen molar-refractivity contribution < 1.29 is 18.7 Å². The molecule has 5 nitrogen and oxygen atoms in total. The van der Waals surface area contributed by atoms with Gasteiger partial charge in [0, 0.05) is 11.1 Å². The standard InChI is InChI=1S/C21H19ClO5/c1-12(2)26-19(23)11-25-16-8-9-17-18(10-16)27-13(3)20(21(17)24)14-4-6-15(22)7-5-14/h4-10,12H,11H2,1-3H3. The maximum Gasteiger partial charge on any atom is 0.344 e. The number of hydrogen-bond donors (Lipinski definition) is 0. The van der Waals surface area contributed by atoms with E-state index in [-0.39, 0.29) is 18.1 Å². The normalized spacial score (nSPS) is 11.0. The maximum absolute atomic E-state index is 12.9. The molecule has 0 aliphatic heterocycles. The highest BCUT2D eigenvalue weighted by atomic mass is 35.5. The van der Waals surface area contributed by atoms with Gasteiger partial charge in [0.05, 0.1) is 17.1 Å². The Balaban J connectivity index is 1.93. The summed E-state index contributed by atoms with van der Waals surface area (Å²) in [4.78, 5) is 24.5. The first-order valence-electron chi connectivity index (χ1n) is 8.51.